The van der Waals surface area contributed by atoms with E-state index in [1.807, 2.05) is 44.2 Å². The zero-order valence-electron chi connectivity index (χ0n) is 29.9. The summed E-state index contributed by atoms with van der Waals surface area (Å²) in [4.78, 5) is 40.4. The number of carbonyl (C=O) groups is 3. The van der Waals surface area contributed by atoms with Crippen molar-refractivity contribution in [3.05, 3.63) is 35.4 Å². The summed E-state index contributed by atoms with van der Waals surface area (Å²) in [6.45, 7) is 22.0. The van der Waals surface area contributed by atoms with Gasteiger partial charge in [-0.25, -0.2) is 0 Å². The number of likely N-dealkylation sites (tertiary alicyclic amines) is 2. The molecule has 1 unspecified atom stereocenters. The summed E-state index contributed by atoms with van der Waals surface area (Å²) in [6.07, 6.45) is 10.0. The fraction of sp³-hybridized carbons (Fsp3) is 0.757. The molecule has 9 heteroatoms. The smallest absolute Gasteiger partial charge is 0.227 e. The van der Waals surface area contributed by atoms with Gasteiger partial charge in [0.2, 0.25) is 18.2 Å². The number of carbonyl (C=O) groups excluding carboxylic acids is 3. The molecule has 1 aromatic rings. The third kappa shape index (κ3) is 14.7. The minimum atomic E-state index is -0.205. The lowest BCUT2D eigenvalue weighted by molar-refractivity contribution is -0.134. The number of benzene rings is 1. The van der Waals surface area contributed by atoms with E-state index < -0.39 is 0 Å². The molecule has 3 heterocycles. The zero-order chi connectivity index (χ0) is 34.2. The van der Waals surface area contributed by atoms with Gasteiger partial charge in [0, 0.05) is 54.7 Å². The van der Waals surface area contributed by atoms with Crippen molar-refractivity contribution >= 4 is 29.8 Å². The van der Waals surface area contributed by atoms with E-state index in [2.05, 4.69) is 49.7 Å². The summed E-state index contributed by atoms with van der Waals surface area (Å²) in [5.74, 6) is 1.74. The zero-order valence-corrected chi connectivity index (χ0v) is 30.6. The second kappa shape index (κ2) is 20.3. The molecule has 5 rings (SSSR count). The number of morpholine rings is 1. The van der Waals surface area contributed by atoms with Crippen molar-refractivity contribution in [2.75, 3.05) is 52.5 Å². The van der Waals surface area contributed by atoms with Crippen molar-refractivity contribution in [3.8, 4) is 0 Å². The second-order valence-corrected chi connectivity index (χ2v) is 15.3. The molecule has 3 aliphatic heterocycles. The van der Waals surface area contributed by atoms with Crippen LogP contribution in [0.3, 0.4) is 0 Å². The van der Waals surface area contributed by atoms with Gasteiger partial charge in [-0.05, 0) is 96.7 Å². The Hall–Kier alpha value is -2.16. The lowest BCUT2D eigenvalue weighted by Crippen LogP contribution is -2.44. The van der Waals surface area contributed by atoms with Gasteiger partial charge in [-0.1, -0.05) is 57.5 Å². The Kier molecular flexibility index (Phi) is 17.6. The Labute approximate surface area is 284 Å². The quantitative estimate of drug-likeness (QED) is 0.357. The number of amides is 3. The van der Waals surface area contributed by atoms with E-state index in [4.69, 9.17) is 16.3 Å². The Morgan fingerprint density at radius 3 is 1.93 bits per heavy atom. The van der Waals surface area contributed by atoms with Crippen molar-refractivity contribution < 1.29 is 19.1 Å². The minimum absolute atomic E-state index is 0.205. The Balaban J connectivity index is 0.000000226. The minimum Gasteiger partial charge on any atom is -0.378 e. The van der Waals surface area contributed by atoms with Crippen LogP contribution in [0, 0.1) is 17.3 Å². The van der Waals surface area contributed by atoms with Crippen molar-refractivity contribution in [1.82, 2.24) is 20.0 Å². The molecule has 4 aliphatic rings. The number of halogens is 1. The van der Waals surface area contributed by atoms with Crippen molar-refractivity contribution in [3.63, 3.8) is 0 Å². The summed E-state index contributed by atoms with van der Waals surface area (Å²) >= 11 is 5.54. The van der Waals surface area contributed by atoms with Gasteiger partial charge in [0.15, 0.2) is 0 Å². The maximum atomic E-state index is 12.2. The molecule has 46 heavy (non-hydrogen) atoms. The molecular weight excluding hydrogens is 600 g/mol. The van der Waals surface area contributed by atoms with Crippen LogP contribution in [-0.4, -0.2) is 97.0 Å². The molecule has 3 amide bonds. The highest BCUT2D eigenvalue weighted by Gasteiger charge is 2.36. The van der Waals surface area contributed by atoms with Crippen molar-refractivity contribution in [2.24, 2.45) is 17.3 Å². The van der Waals surface area contributed by atoms with Crippen LogP contribution in [0.2, 0.25) is 5.02 Å². The number of hydrogen-bond acceptors (Lipinski definition) is 5. The molecule has 1 atom stereocenters. The highest BCUT2D eigenvalue weighted by Crippen LogP contribution is 2.27. The molecule has 1 N–H and O–H groups in total. The Bertz CT molecular complexity index is 1010. The van der Waals surface area contributed by atoms with Gasteiger partial charge in [0.05, 0.1) is 19.1 Å². The van der Waals surface area contributed by atoms with E-state index in [9.17, 15) is 14.4 Å². The average molecular weight is 663 g/mol. The fourth-order valence-electron chi connectivity index (χ4n) is 5.81. The molecule has 1 saturated carbocycles. The fourth-order valence-corrected chi connectivity index (χ4v) is 5.96. The molecule has 0 radical (unpaired) electrons. The van der Waals surface area contributed by atoms with Gasteiger partial charge in [0.1, 0.15) is 0 Å². The van der Waals surface area contributed by atoms with E-state index in [1.165, 1.54) is 25.7 Å². The third-order valence-electron chi connectivity index (χ3n) is 9.68. The third-order valence-corrected chi connectivity index (χ3v) is 9.93. The summed E-state index contributed by atoms with van der Waals surface area (Å²) in [5, 5.41) is 3.99. The molecule has 1 aliphatic carbocycles. The molecule has 4 fully saturated rings. The normalized spacial score (nSPS) is 23.5. The number of nitrogens with one attached hydrogen (secondary N) is 1. The summed E-state index contributed by atoms with van der Waals surface area (Å²) in [5.41, 5.74) is 0.00308. The van der Waals surface area contributed by atoms with Crippen LogP contribution in [0.4, 0.5) is 0 Å². The second-order valence-electron chi connectivity index (χ2n) is 14.9. The number of rotatable bonds is 5. The molecule has 0 spiro atoms. The van der Waals surface area contributed by atoms with E-state index in [-0.39, 0.29) is 22.8 Å². The van der Waals surface area contributed by atoms with Crippen LogP contribution >= 0.6 is 11.6 Å². The van der Waals surface area contributed by atoms with Crippen LogP contribution in [0.1, 0.15) is 99.8 Å². The maximum absolute atomic E-state index is 12.2. The molecule has 0 bridgehead atoms. The van der Waals surface area contributed by atoms with Crippen molar-refractivity contribution in [1.29, 1.82) is 0 Å². The van der Waals surface area contributed by atoms with Gasteiger partial charge < -0.3 is 19.9 Å². The molecular formula is C37H63ClN4O4. The van der Waals surface area contributed by atoms with E-state index in [0.29, 0.717) is 25.2 Å². The highest BCUT2D eigenvalue weighted by atomic mass is 35.5. The number of nitrogens with zero attached hydrogens (tertiary/aromatic N) is 3. The van der Waals surface area contributed by atoms with Crippen LogP contribution in [0.15, 0.2) is 30.3 Å². The first-order chi connectivity index (χ1) is 21.8. The molecule has 262 valence electrons. The maximum Gasteiger partial charge on any atom is 0.227 e. The summed E-state index contributed by atoms with van der Waals surface area (Å²) in [7, 11) is 0. The van der Waals surface area contributed by atoms with Gasteiger partial charge in [-0.3, -0.25) is 19.3 Å². The Morgan fingerprint density at radius 2 is 1.50 bits per heavy atom. The largest absolute Gasteiger partial charge is 0.378 e. The molecule has 8 nitrogen and oxygen atoms in total. The first-order valence-electron chi connectivity index (χ1n) is 17.6. The predicted octanol–water partition coefficient (Wildman–Crippen LogP) is 6.66. The van der Waals surface area contributed by atoms with Gasteiger partial charge in [0.25, 0.3) is 0 Å². The van der Waals surface area contributed by atoms with Crippen LogP contribution in [0.5, 0.6) is 0 Å². The predicted molar refractivity (Wildman–Crippen MR) is 189 cm³/mol. The first-order valence-corrected chi connectivity index (χ1v) is 18.0. The topological polar surface area (TPSA) is 82.2 Å². The van der Waals surface area contributed by atoms with Gasteiger partial charge >= 0.3 is 0 Å². The molecule has 0 aromatic heterocycles. The first kappa shape index (κ1) is 40.0. The SMILES string of the molecule is CC(C)(C)N1CCC(C(=O)N2CCCC2)C1.CCC(C)(C)C(=O)NC1CCC(C)CC1.Clc1ccccc1.O=CN1CCOCC1. The van der Waals surface area contributed by atoms with E-state index in [0.717, 1.165) is 82.3 Å². The highest BCUT2D eigenvalue weighted by molar-refractivity contribution is 6.30. The molecule has 3 saturated heterocycles. The van der Waals surface area contributed by atoms with E-state index >= 15 is 0 Å². The summed E-state index contributed by atoms with van der Waals surface area (Å²) < 4.78 is 5.00. The van der Waals surface area contributed by atoms with Crippen molar-refractivity contribution in [2.45, 2.75) is 111 Å². The lowest BCUT2D eigenvalue weighted by Gasteiger charge is -2.31. The average Bonchev–Trinajstić information content (AvgIpc) is 3.77. The lowest BCUT2D eigenvalue weighted by atomic mass is 9.85. The van der Waals surface area contributed by atoms with Gasteiger partial charge in [-0.15, -0.1) is 0 Å². The van der Waals surface area contributed by atoms with Crippen LogP contribution in [0.25, 0.3) is 0 Å². The Morgan fingerprint density at radius 1 is 0.913 bits per heavy atom. The number of hydrogen-bond donors (Lipinski definition) is 1. The monoisotopic (exact) mass is 662 g/mol. The van der Waals surface area contributed by atoms with Gasteiger partial charge in [-0.2, -0.15) is 0 Å². The van der Waals surface area contributed by atoms with E-state index in [1.54, 1.807) is 4.90 Å². The van der Waals surface area contributed by atoms with Crippen LogP contribution in [-0.2, 0) is 19.1 Å². The summed E-state index contributed by atoms with van der Waals surface area (Å²) in [6, 6.07) is 9.87. The number of ether oxygens (including phenoxy) is 1. The van der Waals surface area contributed by atoms with Crippen LogP contribution < -0.4 is 5.32 Å². The standard InChI is InChI=1S/C13H24N2O.C13H25NO.C6H5Cl.C5H9NO2/c1-13(2,3)15-9-6-11(10-15)12(16)14-7-4-5-8-14;1-5-13(3,4)12(15)14-11-8-6-10(2)7-9-11;7-6-4-2-1-3-5-6;7-5-6-1-3-8-4-2-6/h11H,4-10H2,1-3H3;10-11H,5-9H2,1-4H3,(H,14,15);1-5H;5H,1-4H2. The molecule has 1 aromatic carbocycles.